The molecule has 2 rings (SSSR count). The van der Waals surface area contributed by atoms with Crippen molar-refractivity contribution < 1.29 is 0 Å². The molecule has 0 saturated carbocycles. The molecule has 4 nitrogen and oxygen atoms in total. The summed E-state index contributed by atoms with van der Waals surface area (Å²) in [6, 6.07) is 5.64. The van der Waals surface area contributed by atoms with E-state index in [0.29, 0.717) is 5.82 Å². The number of hydrogen-bond acceptors (Lipinski definition) is 3. The summed E-state index contributed by atoms with van der Waals surface area (Å²) >= 11 is 0. The summed E-state index contributed by atoms with van der Waals surface area (Å²) in [6.07, 6.45) is 1.80. The van der Waals surface area contributed by atoms with Crippen molar-refractivity contribution in [2.24, 2.45) is 0 Å². The van der Waals surface area contributed by atoms with Gasteiger partial charge in [0.05, 0.1) is 0 Å². The highest BCUT2D eigenvalue weighted by Crippen LogP contribution is 2.06. The third kappa shape index (κ3) is 0.556. The number of pyridine rings is 1. The molecular weight excluding hydrogens is 128 g/mol. The minimum absolute atomic E-state index is 0.473. The van der Waals surface area contributed by atoms with E-state index in [2.05, 4.69) is 10.3 Å². The molecular formula is C6H6N4. The van der Waals surface area contributed by atoms with Gasteiger partial charge < -0.3 is 5.73 Å². The Balaban J connectivity index is 2.93. The van der Waals surface area contributed by atoms with Crippen molar-refractivity contribution in [2.75, 3.05) is 5.73 Å². The van der Waals surface area contributed by atoms with Gasteiger partial charge in [0.15, 0.2) is 5.82 Å². The lowest BCUT2D eigenvalue weighted by Gasteiger charge is -1.86. The van der Waals surface area contributed by atoms with E-state index < -0.39 is 0 Å². The number of nitrogens with zero attached hydrogens (tertiary/aromatic N) is 3. The maximum Gasteiger partial charge on any atom is 0.173 e. The van der Waals surface area contributed by atoms with Crippen LogP contribution in [0.15, 0.2) is 24.4 Å². The van der Waals surface area contributed by atoms with E-state index in [1.165, 1.54) is 0 Å². The molecule has 2 aromatic heterocycles. The average molecular weight is 134 g/mol. The highest BCUT2D eigenvalue weighted by Gasteiger charge is 1.96. The van der Waals surface area contributed by atoms with Gasteiger partial charge in [-0.25, -0.2) is 4.52 Å². The Bertz CT molecular complexity index is 351. The van der Waals surface area contributed by atoms with Crippen LogP contribution in [0.5, 0.6) is 0 Å². The first kappa shape index (κ1) is 5.22. The fraction of sp³-hybridized carbons (Fsp3) is 0. The van der Waals surface area contributed by atoms with Crippen molar-refractivity contribution >= 4 is 11.3 Å². The summed E-state index contributed by atoms with van der Waals surface area (Å²) in [6.45, 7) is 0. The molecule has 2 heterocycles. The van der Waals surface area contributed by atoms with Gasteiger partial charge in [0.2, 0.25) is 0 Å². The molecule has 0 aromatic carbocycles. The zero-order chi connectivity index (χ0) is 6.97. The lowest BCUT2D eigenvalue weighted by molar-refractivity contribution is 0.857. The van der Waals surface area contributed by atoms with Crippen LogP contribution in [0.1, 0.15) is 0 Å². The van der Waals surface area contributed by atoms with Crippen LogP contribution in [-0.2, 0) is 0 Å². The summed E-state index contributed by atoms with van der Waals surface area (Å²) in [4.78, 5) is 0. The van der Waals surface area contributed by atoms with E-state index >= 15 is 0 Å². The van der Waals surface area contributed by atoms with Crippen LogP contribution in [0.3, 0.4) is 0 Å². The first-order valence-electron chi connectivity index (χ1n) is 2.93. The van der Waals surface area contributed by atoms with E-state index in [9.17, 15) is 0 Å². The maximum atomic E-state index is 5.48. The Morgan fingerprint density at radius 1 is 1.40 bits per heavy atom. The second kappa shape index (κ2) is 1.70. The second-order valence-electron chi connectivity index (χ2n) is 2.01. The maximum absolute atomic E-state index is 5.48. The molecule has 0 fully saturated rings. The van der Waals surface area contributed by atoms with Gasteiger partial charge in [-0.05, 0) is 12.1 Å². The van der Waals surface area contributed by atoms with Crippen molar-refractivity contribution in [1.82, 2.24) is 14.8 Å². The van der Waals surface area contributed by atoms with Gasteiger partial charge in [0, 0.05) is 6.20 Å². The summed E-state index contributed by atoms with van der Waals surface area (Å²) < 4.78 is 1.63. The largest absolute Gasteiger partial charge is 0.380 e. The molecule has 50 valence electrons. The molecule has 4 heteroatoms. The van der Waals surface area contributed by atoms with Gasteiger partial charge >= 0.3 is 0 Å². The second-order valence-corrected chi connectivity index (χ2v) is 2.01. The minimum Gasteiger partial charge on any atom is -0.380 e. The van der Waals surface area contributed by atoms with Gasteiger partial charge in [-0.2, -0.15) is 0 Å². The van der Waals surface area contributed by atoms with E-state index in [-0.39, 0.29) is 0 Å². The molecule has 0 unspecified atom stereocenters. The van der Waals surface area contributed by atoms with E-state index in [0.717, 1.165) is 5.52 Å². The Hall–Kier alpha value is -1.58. The molecule has 0 aliphatic rings. The zero-order valence-electron chi connectivity index (χ0n) is 5.23. The molecule has 0 bridgehead atoms. The van der Waals surface area contributed by atoms with Crippen LogP contribution in [0.4, 0.5) is 5.82 Å². The van der Waals surface area contributed by atoms with Gasteiger partial charge in [0.1, 0.15) is 5.52 Å². The highest BCUT2D eigenvalue weighted by molar-refractivity contribution is 5.63. The first-order chi connectivity index (χ1) is 4.88. The Morgan fingerprint density at radius 2 is 2.30 bits per heavy atom. The molecule has 10 heavy (non-hydrogen) atoms. The predicted molar refractivity (Wildman–Crippen MR) is 37.4 cm³/mol. The topological polar surface area (TPSA) is 56.2 Å². The van der Waals surface area contributed by atoms with Gasteiger partial charge in [-0.1, -0.05) is 11.3 Å². The summed E-state index contributed by atoms with van der Waals surface area (Å²) in [5, 5.41) is 7.45. The summed E-state index contributed by atoms with van der Waals surface area (Å²) in [5.74, 6) is 0.473. The molecule has 0 spiro atoms. The van der Waals surface area contributed by atoms with Crippen molar-refractivity contribution in [1.29, 1.82) is 0 Å². The van der Waals surface area contributed by atoms with E-state index in [1.54, 1.807) is 10.7 Å². The Morgan fingerprint density at radius 3 is 3.10 bits per heavy atom. The quantitative estimate of drug-likeness (QED) is 0.564. The van der Waals surface area contributed by atoms with Crippen molar-refractivity contribution in [2.45, 2.75) is 0 Å². The van der Waals surface area contributed by atoms with Crippen molar-refractivity contribution in [3.05, 3.63) is 24.4 Å². The smallest absolute Gasteiger partial charge is 0.173 e. The van der Waals surface area contributed by atoms with Crippen molar-refractivity contribution in [3.8, 4) is 0 Å². The van der Waals surface area contributed by atoms with Gasteiger partial charge in [0.25, 0.3) is 0 Å². The number of anilines is 1. The SMILES string of the molecule is Nc1nnn2ccccc12. The molecule has 0 radical (unpaired) electrons. The zero-order valence-corrected chi connectivity index (χ0v) is 5.23. The average Bonchev–Trinajstić information content (AvgIpc) is 2.34. The predicted octanol–water partition coefficient (Wildman–Crippen LogP) is 0.311. The molecule has 2 aromatic rings. The van der Waals surface area contributed by atoms with Crippen LogP contribution in [0, 0.1) is 0 Å². The van der Waals surface area contributed by atoms with Crippen molar-refractivity contribution in [3.63, 3.8) is 0 Å². The molecule has 0 saturated heterocycles. The number of nitrogens with two attached hydrogens (primary N) is 1. The minimum atomic E-state index is 0.473. The van der Waals surface area contributed by atoms with E-state index in [1.807, 2.05) is 18.2 Å². The normalized spacial score (nSPS) is 10.4. The Labute approximate surface area is 57.3 Å². The van der Waals surface area contributed by atoms with Gasteiger partial charge in [-0.3, -0.25) is 0 Å². The van der Waals surface area contributed by atoms with Crippen LogP contribution >= 0.6 is 0 Å². The van der Waals surface area contributed by atoms with E-state index in [4.69, 9.17) is 5.73 Å². The van der Waals surface area contributed by atoms with Crippen LogP contribution in [0.2, 0.25) is 0 Å². The van der Waals surface area contributed by atoms with Crippen LogP contribution in [-0.4, -0.2) is 14.8 Å². The molecule has 0 aliphatic heterocycles. The third-order valence-corrected chi connectivity index (χ3v) is 1.35. The standard InChI is InChI=1S/C6H6N4/c7-6-5-3-1-2-4-10(5)9-8-6/h1-4H,7H2. The fourth-order valence-electron chi connectivity index (χ4n) is 0.863. The lowest BCUT2D eigenvalue weighted by Crippen LogP contribution is -1.85. The lowest BCUT2D eigenvalue weighted by atomic mass is 10.4. The third-order valence-electron chi connectivity index (χ3n) is 1.35. The molecule has 2 N–H and O–H groups in total. The number of rotatable bonds is 0. The number of fused-ring (bicyclic) bond motifs is 1. The molecule has 0 amide bonds. The van der Waals surface area contributed by atoms with Crippen LogP contribution < -0.4 is 5.73 Å². The summed E-state index contributed by atoms with van der Waals surface area (Å²) in [7, 11) is 0. The van der Waals surface area contributed by atoms with Crippen LogP contribution in [0.25, 0.3) is 5.52 Å². The number of hydrogen-bond donors (Lipinski definition) is 1. The molecule has 0 aliphatic carbocycles. The Kier molecular flexibility index (Phi) is 0.887. The number of nitrogen functional groups attached to an aromatic ring is 1. The summed E-state index contributed by atoms with van der Waals surface area (Å²) in [5.41, 5.74) is 6.33. The first-order valence-corrected chi connectivity index (χ1v) is 2.93. The van der Waals surface area contributed by atoms with Gasteiger partial charge in [-0.15, -0.1) is 5.10 Å². The fourth-order valence-corrected chi connectivity index (χ4v) is 0.863. The highest BCUT2D eigenvalue weighted by atomic mass is 15.4. The monoisotopic (exact) mass is 134 g/mol. The molecule has 0 atom stereocenters. The number of aromatic nitrogens is 3.